The van der Waals surface area contributed by atoms with Crippen molar-refractivity contribution >= 4 is 88.5 Å². The van der Waals surface area contributed by atoms with Crippen LogP contribution in [0.1, 0.15) is 218 Å². The minimum absolute atomic E-state index is 0.146. The molecule has 0 aliphatic heterocycles. The van der Waals surface area contributed by atoms with Crippen LogP contribution in [0.5, 0.6) is 0 Å². The van der Waals surface area contributed by atoms with Crippen molar-refractivity contribution in [3.63, 3.8) is 0 Å². The fourth-order valence-electron chi connectivity index (χ4n) is 10.1. The largest absolute Gasteiger partial charge is 0.394 e. The van der Waals surface area contributed by atoms with Gasteiger partial charge >= 0.3 is 0 Å². The topological polar surface area (TPSA) is 549 Å². The van der Waals surface area contributed by atoms with Crippen LogP contribution in [0.2, 0.25) is 0 Å². The Bertz CT molecular complexity index is 2650. The molecule has 0 bridgehead atoms. The molecule has 23 N–H and O–H groups in total. The third-order valence-corrected chi connectivity index (χ3v) is 16.9. The molecule has 0 fully saturated rings. The molecule has 0 aromatic carbocycles. The van der Waals surface area contributed by atoms with Crippen LogP contribution in [0.15, 0.2) is 0 Å². The van der Waals surface area contributed by atoms with Crippen LogP contribution >= 0.6 is 0 Å². The molecule has 34 heteroatoms. The molecule has 0 aromatic rings. The van der Waals surface area contributed by atoms with Crippen molar-refractivity contribution in [2.75, 3.05) is 52.9 Å². The third kappa shape index (κ3) is 44.0. The van der Waals surface area contributed by atoms with E-state index in [4.69, 9.17) is 22.9 Å². The number of hydrogen-bond acceptors (Lipinski definition) is 20. The van der Waals surface area contributed by atoms with Crippen molar-refractivity contribution in [3.05, 3.63) is 0 Å². The molecule has 0 heterocycles. The Morgan fingerprint density at radius 3 is 1.10 bits per heavy atom. The van der Waals surface area contributed by atoms with Gasteiger partial charge in [0.05, 0.1) is 38.2 Å². The molecule has 0 rings (SSSR count). The summed E-state index contributed by atoms with van der Waals surface area (Å²) >= 11 is 0. The van der Waals surface area contributed by atoms with Crippen molar-refractivity contribution in [1.29, 1.82) is 0 Å². The number of carbonyl (C=O) groups is 15. The predicted molar refractivity (Wildman–Crippen MR) is 395 cm³/mol. The monoisotopic (exact) mass is 1480 g/mol. The molecule has 0 spiro atoms. The highest BCUT2D eigenvalue weighted by molar-refractivity contribution is 5.99. The first kappa shape index (κ1) is 98.1. The zero-order valence-corrected chi connectivity index (χ0v) is 64.3. The standard InChI is InChI=1S/C41H77N9O8.C29H55N9O8/c1-12-13-14-15-16-17-18-19-20-21-22-44-31(51)23-30(35(42)52)47-39(56)32(24(2)3)49-41(58)34(26(6)7)50-40(57)33(25(4)5)48-38(55)29(10)46-37(54)28(9)45-36(53)27(8)43-11;1-3-24(41)33-16-25(42)34-17-26(43)35-23(18-39)29(46)38-22(12-6-9-15-32)28(45)37-21(11-5-8-14-31)27(44)36-20(19(2)40)10-4-7-13-30/h24-30,32-34,43H,12-23H2,1-11H3,(H2,42,52)(H,44,51)(H,45,53)(H,46,54)(H,47,56)(H,48,55)(H,49,58)(H,50,57);20-23,39H,3-18,30-32H2,1-2H3,(H,33,41)(H,34,42)(H,35,43)(H,36,44)(H,37,45)(H,38,46)/t27-,28-,29-,30-,32-,33?,34-;20-,21-,22-,23-/m00/s1. The maximum atomic E-state index is 13.6. The number of Topliss-reactive ketones (excluding diaryl/α,β-unsaturated/α-hetero) is 1. The van der Waals surface area contributed by atoms with E-state index in [9.17, 15) is 77.0 Å². The summed E-state index contributed by atoms with van der Waals surface area (Å²) in [6.45, 7) is 19.8. The van der Waals surface area contributed by atoms with E-state index in [1.807, 2.05) is 0 Å². The van der Waals surface area contributed by atoms with Crippen LogP contribution < -0.4 is 97.4 Å². The Labute approximate surface area is 615 Å². The molecule has 0 saturated carbocycles. The van der Waals surface area contributed by atoms with Crippen LogP contribution in [0.4, 0.5) is 0 Å². The van der Waals surface area contributed by atoms with Gasteiger partial charge in [0, 0.05) is 13.0 Å². The summed E-state index contributed by atoms with van der Waals surface area (Å²) in [4.78, 5) is 191. The van der Waals surface area contributed by atoms with Crippen molar-refractivity contribution in [2.45, 2.75) is 284 Å². The average molecular weight is 1480 g/mol. The van der Waals surface area contributed by atoms with Gasteiger partial charge in [-0.15, -0.1) is 0 Å². The molecule has 11 atom stereocenters. The minimum atomic E-state index is -1.46. The van der Waals surface area contributed by atoms with Crippen molar-refractivity contribution < 1.29 is 77.0 Å². The van der Waals surface area contributed by atoms with E-state index < -0.39 is 174 Å². The van der Waals surface area contributed by atoms with E-state index in [-0.39, 0.29) is 43.9 Å². The molecule has 598 valence electrons. The quantitative estimate of drug-likeness (QED) is 0.0292. The third-order valence-electron chi connectivity index (χ3n) is 16.9. The lowest BCUT2D eigenvalue weighted by Gasteiger charge is -2.30. The Kier molecular flexibility index (Phi) is 54.1. The van der Waals surface area contributed by atoms with Gasteiger partial charge < -0.3 is 102 Å². The smallest absolute Gasteiger partial charge is 0.245 e. The first-order valence-electron chi connectivity index (χ1n) is 37.1. The van der Waals surface area contributed by atoms with E-state index in [1.54, 1.807) is 62.4 Å². The molecule has 0 aromatic heterocycles. The second kappa shape index (κ2) is 57.4. The highest BCUT2D eigenvalue weighted by Gasteiger charge is 2.37. The van der Waals surface area contributed by atoms with Crippen molar-refractivity contribution in [1.82, 2.24) is 74.4 Å². The molecule has 34 nitrogen and oxygen atoms in total. The van der Waals surface area contributed by atoms with E-state index >= 15 is 0 Å². The lowest BCUT2D eigenvalue weighted by molar-refractivity contribution is -0.137. The SMILES string of the molecule is CCC(=O)NCC(=O)NCC(=O)N[C@@H](CO)C(=O)N[C@@H](CCCCN)C(=O)N[C@@H](CCCCN)C(=O)N[C@@H](CCCCN)C(C)=O.CCCCCCCCCCCCNC(=O)C[C@H](NC(=O)[C@@H](NC(=O)[C@@H](NC(=O)C(NC(=O)[C@H](C)NC(=O)[C@H](C)NC(=O)[C@H](C)NC)C(C)C)C(C)C)C(C)C)C(N)=O. The second-order valence-electron chi connectivity index (χ2n) is 27.2. The molecule has 0 saturated heterocycles. The normalized spacial score (nSPS) is 14.2. The first-order valence-corrected chi connectivity index (χ1v) is 37.1. The Morgan fingerprint density at radius 2 is 0.702 bits per heavy atom. The number of amides is 14. The molecule has 1 unspecified atom stereocenters. The summed E-state index contributed by atoms with van der Waals surface area (Å²) in [7, 11) is 1.60. The fraction of sp³-hybridized carbons (Fsp3) is 0.786. The van der Waals surface area contributed by atoms with Gasteiger partial charge in [0.25, 0.3) is 0 Å². The highest BCUT2D eigenvalue weighted by atomic mass is 16.3. The van der Waals surface area contributed by atoms with Gasteiger partial charge in [-0.2, -0.15) is 0 Å². The maximum Gasteiger partial charge on any atom is 0.245 e. The zero-order valence-electron chi connectivity index (χ0n) is 64.3. The summed E-state index contributed by atoms with van der Waals surface area (Å²) < 4.78 is 0. The molecule has 0 aliphatic carbocycles. The van der Waals surface area contributed by atoms with Crippen LogP contribution in [-0.4, -0.2) is 213 Å². The number of unbranched alkanes of at least 4 members (excludes halogenated alkanes) is 12. The maximum absolute atomic E-state index is 13.6. The average Bonchev–Trinajstić information content (AvgIpc) is 0.854. The number of ketones is 1. The number of carbonyl (C=O) groups excluding carboxylic acids is 15. The number of likely N-dealkylation sites (N-methyl/N-ethyl adjacent to an activating group) is 1. The molecule has 0 aliphatic rings. The van der Waals surface area contributed by atoms with Gasteiger partial charge in [-0.25, -0.2) is 0 Å². The van der Waals surface area contributed by atoms with Crippen molar-refractivity contribution in [2.24, 2.45) is 40.7 Å². The zero-order chi connectivity index (χ0) is 79.4. The number of nitrogens with two attached hydrogens (primary N) is 4. The lowest BCUT2D eigenvalue weighted by atomic mass is 9.97. The number of aliphatic hydroxyl groups excluding tert-OH is 1. The summed E-state index contributed by atoms with van der Waals surface area (Å²) in [6.07, 6.45) is 15.6. The molecular formula is C70H132N18O16. The van der Waals surface area contributed by atoms with E-state index in [0.29, 0.717) is 71.1 Å². The van der Waals surface area contributed by atoms with Gasteiger partial charge in [-0.3, -0.25) is 71.9 Å². The molecule has 0 radical (unpaired) electrons. The second-order valence-corrected chi connectivity index (χ2v) is 27.2. The predicted octanol–water partition coefficient (Wildman–Crippen LogP) is -2.04. The summed E-state index contributed by atoms with van der Waals surface area (Å²) in [5, 5.41) is 45.8. The van der Waals surface area contributed by atoms with Crippen LogP contribution in [0, 0.1) is 17.8 Å². The van der Waals surface area contributed by atoms with Crippen molar-refractivity contribution in [3.8, 4) is 0 Å². The number of rotatable bonds is 56. The minimum Gasteiger partial charge on any atom is -0.394 e. The number of hydrogen-bond donors (Lipinski definition) is 19. The van der Waals surface area contributed by atoms with Gasteiger partial charge in [-0.1, -0.05) is 113 Å². The first-order chi connectivity index (χ1) is 49.1. The molecule has 14 amide bonds. The van der Waals surface area contributed by atoms with Gasteiger partial charge in [0.15, 0.2) is 5.78 Å². The van der Waals surface area contributed by atoms with Gasteiger partial charge in [0.2, 0.25) is 82.7 Å². The van der Waals surface area contributed by atoms with Crippen LogP contribution in [0.25, 0.3) is 0 Å². The number of aliphatic hydroxyl groups is 1. The highest BCUT2D eigenvalue weighted by Crippen LogP contribution is 2.14. The van der Waals surface area contributed by atoms with E-state index in [2.05, 4.69) is 81.4 Å². The summed E-state index contributed by atoms with van der Waals surface area (Å²) in [5.74, 6) is -10.5. The Hall–Kier alpha value is -7.95. The summed E-state index contributed by atoms with van der Waals surface area (Å²) in [5.41, 5.74) is 22.3. The van der Waals surface area contributed by atoms with Gasteiger partial charge in [-0.05, 0) is 136 Å². The van der Waals surface area contributed by atoms with Crippen LogP contribution in [-0.2, 0) is 71.9 Å². The number of primary amides is 1. The van der Waals surface area contributed by atoms with Crippen LogP contribution in [0.3, 0.4) is 0 Å². The number of nitrogens with one attached hydrogen (secondary N) is 14. The fourth-order valence-corrected chi connectivity index (χ4v) is 10.1. The molecule has 104 heavy (non-hydrogen) atoms. The molecular weight excluding hydrogens is 1350 g/mol. The van der Waals surface area contributed by atoms with E-state index in [1.165, 1.54) is 59.3 Å². The Morgan fingerprint density at radius 1 is 0.346 bits per heavy atom. The van der Waals surface area contributed by atoms with E-state index in [0.717, 1.165) is 25.7 Å². The van der Waals surface area contributed by atoms with Gasteiger partial charge in [0.1, 0.15) is 54.4 Å². The Balaban J connectivity index is 0. The summed E-state index contributed by atoms with van der Waals surface area (Å²) in [6, 6.07) is -11.6. The lowest BCUT2D eigenvalue weighted by Crippen LogP contribution is -2.61.